The van der Waals surface area contributed by atoms with Crippen LogP contribution >= 0.6 is 0 Å². The molecule has 4 nitrogen and oxygen atoms in total. The van der Waals surface area contributed by atoms with Gasteiger partial charge in [0.25, 0.3) is 0 Å². The van der Waals surface area contributed by atoms with E-state index in [1.54, 1.807) is 0 Å². The summed E-state index contributed by atoms with van der Waals surface area (Å²) in [5, 5.41) is 0. The molecule has 1 unspecified atom stereocenters. The SMILES string of the molecule is COCCN1C(C)C(C)(C)N(CCOC)C1(F)F. The lowest BCUT2D eigenvalue weighted by Crippen LogP contribution is -2.51. The van der Waals surface area contributed by atoms with Crippen LogP contribution in [0.2, 0.25) is 0 Å². The van der Waals surface area contributed by atoms with E-state index in [0.29, 0.717) is 13.2 Å². The summed E-state index contributed by atoms with van der Waals surface area (Å²) in [6.07, 6.45) is -2.96. The van der Waals surface area contributed by atoms with Crippen molar-refractivity contribution in [3.63, 3.8) is 0 Å². The van der Waals surface area contributed by atoms with E-state index in [9.17, 15) is 8.78 Å². The number of hydrogen-bond donors (Lipinski definition) is 0. The van der Waals surface area contributed by atoms with Crippen LogP contribution in [-0.2, 0) is 9.47 Å². The normalized spacial score (nSPS) is 27.8. The fraction of sp³-hybridized carbons (Fsp3) is 1.00. The maximum Gasteiger partial charge on any atom is 0.370 e. The number of ether oxygens (including phenoxy) is 2. The summed E-state index contributed by atoms with van der Waals surface area (Å²) < 4.78 is 38.6. The first-order valence-corrected chi connectivity index (χ1v) is 6.20. The molecule has 0 N–H and O–H groups in total. The van der Waals surface area contributed by atoms with Crippen molar-refractivity contribution < 1.29 is 18.3 Å². The quantitative estimate of drug-likeness (QED) is 0.682. The highest BCUT2D eigenvalue weighted by Gasteiger charge is 2.61. The van der Waals surface area contributed by atoms with Gasteiger partial charge in [-0.1, -0.05) is 0 Å². The van der Waals surface area contributed by atoms with Crippen molar-refractivity contribution in [3.05, 3.63) is 0 Å². The van der Waals surface area contributed by atoms with E-state index in [0.717, 1.165) is 0 Å². The van der Waals surface area contributed by atoms with E-state index in [-0.39, 0.29) is 19.1 Å². The van der Waals surface area contributed by atoms with Gasteiger partial charge in [0.15, 0.2) is 0 Å². The number of halogens is 2. The van der Waals surface area contributed by atoms with E-state index in [1.807, 2.05) is 20.8 Å². The van der Waals surface area contributed by atoms with Gasteiger partial charge in [-0.15, -0.1) is 0 Å². The highest BCUT2D eigenvalue weighted by molar-refractivity contribution is 5.03. The first-order valence-electron chi connectivity index (χ1n) is 6.20. The van der Waals surface area contributed by atoms with Crippen LogP contribution in [-0.4, -0.2) is 68.1 Å². The molecule has 0 aromatic heterocycles. The predicted octanol–water partition coefficient (Wildman–Crippen LogP) is 1.61. The summed E-state index contributed by atoms with van der Waals surface area (Å²) in [6.45, 7) is 6.54. The molecule has 0 saturated carbocycles. The maximum absolute atomic E-state index is 14.4. The van der Waals surface area contributed by atoms with E-state index < -0.39 is 11.7 Å². The first-order chi connectivity index (χ1) is 8.30. The van der Waals surface area contributed by atoms with Crippen molar-refractivity contribution in [2.24, 2.45) is 0 Å². The summed E-state index contributed by atoms with van der Waals surface area (Å²) in [5.74, 6) is 0. The average molecular weight is 266 g/mol. The second-order valence-corrected chi connectivity index (χ2v) is 5.17. The van der Waals surface area contributed by atoms with Gasteiger partial charge in [-0.2, -0.15) is 8.78 Å². The van der Waals surface area contributed by atoms with E-state index in [1.165, 1.54) is 24.0 Å². The molecule has 0 amide bonds. The van der Waals surface area contributed by atoms with Crippen molar-refractivity contribution in [3.8, 4) is 0 Å². The number of hydrogen-bond acceptors (Lipinski definition) is 4. The number of nitrogens with zero attached hydrogens (tertiary/aromatic N) is 2. The van der Waals surface area contributed by atoms with Gasteiger partial charge in [-0.25, -0.2) is 9.80 Å². The van der Waals surface area contributed by atoms with Gasteiger partial charge in [-0.3, -0.25) is 0 Å². The second-order valence-electron chi connectivity index (χ2n) is 5.17. The van der Waals surface area contributed by atoms with Gasteiger partial charge in [0.1, 0.15) is 0 Å². The highest BCUT2D eigenvalue weighted by Crippen LogP contribution is 2.43. The molecule has 1 fully saturated rings. The molecule has 1 atom stereocenters. The molecule has 0 bridgehead atoms. The van der Waals surface area contributed by atoms with Gasteiger partial charge in [0, 0.05) is 38.9 Å². The zero-order valence-corrected chi connectivity index (χ0v) is 11.9. The monoisotopic (exact) mass is 266 g/mol. The summed E-state index contributed by atoms with van der Waals surface area (Å²) >= 11 is 0. The Morgan fingerprint density at radius 3 is 2.06 bits per heavy atom. The van der Waals surface area contributed by atoms with Crippen LogP contribution in [0, 0.1) is 0 Å². The van der Waals surface area contributed by atoms with E-state index in [2.05, 4.69) is 0 Å². The smallest absolute Gasteiger partial charge is 0.370 e. The molecule has 1 aliphatic rings. The molecule has 1 saturated heterocycles. The highest BCUT2D eigenvalue weighted by atomic mass is 19.3. The summed E-state index contributed by atoms with van der Waals surface area (Å²) in [7, 11) is 3.04. The molecule has 108 valence electrons. The molecule has 1 rings (SSSR count). The average Bonchev–Trinajstić information content (AvgIpc) is 2.40. The van der Waals surface area contributed by atoms with Crippen LogP contribution in [0.15, 0.2) is 0 Å². The number of alkyl halides is 2. The molecule has 0 aliphatic carbocycles. The molecule has 0 aromatic carbocycles. The Hall–Kier alpha value is -0.300. The molecule has 1 aliphatic heterocycles. The minimum atomic E-state index is -2.96. The van der Waals surface area contributed by atoms with Crippen molar-refractivity contribution in [1.82, 2.24) is 9.80 Å². The Balaban J connectivity index is 2.89. The van der Waals surface area contributed by atoms with Gasteiger partial charge in [0.05, 0.1) is 13.2 Å². The predicted molar refractivity (Wildman–Crippen MR) is 65.7 cm³/mol. The lowest BCUT2D eigenvalue weighted by Gasteiger charge is -2.34. The van der Waals surface area contributed by atoms with E-state index >= 15 is 0 Å². The molecule has 1 heterocycles. The molecule has 0 radical (unpaired) electrons. The van der Waals surface area contributed by atoms with Gasteiger partial charge >= 0.3 is 6.17 Å². The van der Waals surface area contributed by atoms with Crippen LogP contribution < -0.4 is 0 Å². The molecular weight excluding hydrogens is 242 g/mol. The second kappa shape index (κ2) is 5.77. The Labute approximate surface area is 108 Å². The maximum atomic E-state index is 14.4. The van der Waals surface area contributed by atoms with Crippen molar-refractivity contribution in [2.45, 2.75) is 38.5 Å². The van der Waals surface area contributed by atoms with Crippen LogP contribution in [0.25, 0.3) is 0 Å². The van der Waals surface area contributed by atoms with Gasteiger partial charge in [-0.05, 0) is 20.8 Å². The Bertz CT molecular complexity index is 275. The Kier molecular flexibility index (Phi) is 5.05. The summed E-state index contributed by atoms with van der Waals surface area (Å²) in [6, 6.07) is -0.250. The topological polar surface area (TPSA) is 24.9 Å². The lowest BCUT2D eigenvalue weighted by molar-refractivity contribution is -0.227. The van der Waals surface area contributed by atoms with Gasteiger partial charge in [0.2, 0.25) is 0 Å². The third-order valence-corrected chi connectivity index (χ3v) is 3.91. The number of rotatable bonds is 6. The van der Waals surface area contributed by atoms with E-state index in [4.69, 9.17) is 9.47 Å². The third kappa shape index (κ3) is 2.66. The zero-order valence-electron chi connectivity index (χ0n) is 11.9. The lowest BCUT2D eigenvalue weighted by atomic mass is 9.96. The molecular formula is C12H24F2N2O2. The van der Waals surface area contributed by atoms with Crippen LogP contribution in [0.5, 0.6) is 0 Å². The molecule has 0 aromatic rings. The standard InChI is InChI=1S/C12H24F2N2O2/c1-10-11(2,3)16(7-9-18-5)12(13,14)15(10)6-8-17-4/h10H,6-9H2,1-5H3. The Morgan fingerprint density at radius 2 is 1.56 bits per heavy atom. The zero-order chi connectivity index (χ0) is 14.0. The van der Waals surface area contributed by atoms with Gasteiger partial charge < -0.3 is 9.47 Å². The fourth-order valence-corrected chi connectivity index (χ4v) is 2.46. The van der Waals surface area contributed by atoms with Crippen LogP contribution in [0.4, 0.5) is 8.78 Å². The van der Waals surface area contributed by atoms with Crippen molar-refractivity contribution in [1.29, 1.82) is 0 Å². The van der Waals surface area contributed by atoms with Crippen molar-refractivity contribution in [2.75, 3.05) is 40.5 Å². The van der Waals surface area contributed by atoms with Crippen LogP contribution in [0.3, 0.4) is 0 Å². The number of methoxy groups -OCH3 is 2. The molecule has 6 heteroatoms. The minimum Gasteiger partial charge on any atom is -0.383 e. The Morgan fingerprint density at radius 1 is 1.06 bits per heavy atom. The first kappa shape index (κ1) is 15.8. The molecule has 18 heavy (non-hydrogen) atoms. The molecule has 0 spiro atoms. The minimum absolute atomic E-state index is 0.213. The summed E-state index contributed by atoms with van der Waals surface area (Å²) in [4.78, 5) is 2.41. The van der Waals surface area contributed by atoms with Crippen LogP contribution in [0.1, 0.15) is 20.8 Å². The fourth-order valence-electron chi connectivity index (χ4n) is 2.46. The summed E-state index contributed by atoms with van der Waals surface area (Å²) in [5.41, 5.74) is -0.601. The van der Waals surface area contributed by atoms with Crippen molar-refractivity contribution >= 4 is 0 Å². The third-order valence-electron chi connectivity index (χ3n) is 3.91. The largest absolute Gasteiger partial charge is 0.383 e.